The second-order valence-corrected chi connectivity index (χ2v) is 8.23. The number of benzene rings is 1. The van der Waals surface area contributed by atoms with Crippen molar-refractivity contribution in [1.29, 1.82) is 0 Å². The van der Waals surface area contributed by atoms with Gasteiger partial charge in [-0.25, -0.2) is 8.42 Å². The molecule has 0 aliphatic carbocycles. The summed E-state index contributed by atoms with van der Waals surface area (Å²) in [6, 6.07) is 3.26. The number of aryl methyl sites for hydroxylation is 1. The van der Waals surface area contributed by atoms with E-state index < -0.39 is 10.0 Å². The van der Waals surface area contributed by atoms with Gasteiger partial charge in [0.1, 0.15) is 5.75 Å². The van der Waals surface area contributed by atoms with Crippen LogP contribution in [0.2, 0.25) is 5.02 Å². The van der Waals surface area contributed by atoms with Gasteiger partial charge in [0.25, 0.3) is 0 Å². The van der Waals surface area contributed by atoms with E-state index in [0.717, 1.165) is 24.7 Å². The highest BCUT2D eigenvalue weighted by molar-refractivity contribution is 7.92. The zero-order valence-corrected chi connectivity index (χ0v) is 17.0. The molecule has 0 atom stereocenters. The van der Waals surface area contributed by atoms with Crippen molar-refractivity contribution in [3.63, 3.8) is 0 Å². The quantitative estimate of drug-likeness (QED) is 0.703. The first-order valence-electron chi connectivity index (χ1n) is 8.25. The maximum Gasteiger partial charge on any atom is 0.232 e. The highest BCUT2D eigenvalue weighted by Gasteiger charge is 2.23. The average Bonchev–Trinajstić information content (AvgIpc) is 2.54. The van der Waals surface area contributed by atoms with Crippen LogP contribution in [0.25, 0.3) is 0 Å². The molecule has 0 unspecified atom stereocenters. The third-order valence-corrected chi connectivity index (χ3v) is 5.69. The Morgan fingerprint density at radius 1 is 1.32 bits per heavy atom. The predicted molar refractivity (Wildman–Crippen MR) is 102 cm³/mol. The molecule has 142 valence electrons. The summed E-state index contributed by atoms with van der Waals surface area (Å²) in [5.74, 6) is 0.254. The summed E-state index contributed by atoms with van der Waals surface area (Å²) in [5.41, 5.74) is 1.15. The zero-order valence-electron chi connectivity index (χ0n) is 15.4. The molecule has 0 saturated heterocycles. The van der Waals surface area contributed by atoms with Crippen LogP contribution in [0, 0.1) is 12.8 Å². The first-order valence-corrected chi connectivity index (χ1v) is 10.5. The van der Waals surface area contributed by atoms with Crippen molar-refractivity contribution < 1.29 is 17.9 Å². The number of carbonyl (C=O) groups is 1. The molecule has 1 aromatic carbocycles. The molecule has 0 heterocycles. The van der Waals surface area contributed by atoms with Crippen LogP contribution in [0.4, 0.5) is 5.69 Å². The van der Waals surface area contributed by atoms with Crippen LogP contribution in [-0.4, -0.2) is 40.8 Å². The normalized spacial score (nSPS) is 11.5. The van der Waals surface area contributed by atoms with Crippen molar-refractivity contribution in [2.75, 3.05) is 30.8 Å². The molecule has 1 aromatic rings. The number of carbonyl (C=O) groups excluding carboxylic acids is 1. The van der Waals surface area contributed by atoms with E-state index in [-0.39, 0.29) is 24.9 Å². The molecular weight excluding hydrogens is 364 g/mol. The Balaban J connectivity index is 3.02. The van der Waals surface area contributed by atoms with E-state index >= 15 is 0 Å². The summed E-state index contributed by atoms with van der Waals surface area (Å²) in [7, 11) is -2.09. The molecule has 0 aliphatic rings. The SMILES string of the molecule is CCC(CC)C(=O)NCCN(c1cc(C)c(Cl)cc1OC)S(C)(=O)=O. The Kier molecular flexibility index (Phi) is 8.02. The van der Waals surface area contributed by atoms with E-state index in [0.29, 0.717) is 16.5 Å². The predicted octanol–water partition coefficient (Wildman–Crippen LogP) is 2.98. The molecule has 0 bridgehead atoms. The third kappa shape index (κ3) is 5.78. The fraction of sp³-hybridized carbons (Fsp3) is 0.588. The smallest absolute Gasteiger partial charge is 0.232 e. The van der Waals surface area contributed by atoms with Crippen LogP contribution in [-0.2, 0) is 14.8 Å². The average molecular weight is 391 g/mol. The number of ether oxygens (including phenoxy) is 1. The van der Waals surface area contributed by atoms with Gasteiger partial charge in [0, 0.05) is 23.6 Å². The Bertz CT molecular complexity index is 703. The molecule has 1 N–H and O–H groups in total. The van der Waals surface area contributed by atoms with Gasteiger partial charge in [-0.2, -0.15) is 0 Å². The standard InChI is InChI=1S/C17H27ClN2O4S/c1-6-13(7-2)17(21)19-8-9-20(25(5,22)23)15-10-12(3)14(18)11-16(15)24-4/h10-11,13H,6-9H2,1-5H3,(H,19,21). The van der Waals surface area contributed by atoms with E-state index in [4.69, 9.17) is 16.3 Å². The van der Waals surface area contributed by atoms with Crippen molar-refractivity contribution in [3.05, 3.63) is 22.7 Å². The van der Waals surface area contributed by atoms with Crippen LogP contribution in [0.1, 0.15) is 32.3 Å². The minimum Gasteiger partial charge on any atom is -0.494 e. The van der Waals surface area contributed by atoms with E-state index in [1.807, 2.05) is 13.8 Å². The van der Waals surface area contributed by atoms with Crippen LogP contribution < -0.4 is 14.4 Å². The molecular formula is C17H27ClN2O4S. The third-order valence-electron chi connectivity index (χ3n) is 4.10. The lowest BCUT2D eigenvalue weighted by Gasteiger charge is -2.25. The number of amides is 1. The van der Waals surface area contributed by atoms with Crippen LogP contribution >= 0.6 is 11.6 Å². The molecule has 0 fully saturated rings. The maximum atomic E-state index is 12.2. The van der Waals surface area contributed by atoms with Crippen LogP contribution in [0.5, 0.6) is 5.75 Å². The lowest BCUT2D eigenvalue weighted by molar-refractivity contribution is -0.125. The largest absolute Gasteiger partial charge is 0.494 e. The summed E-state index contributed by atoms with van der Waals surface area (Å²) < 4.78 is 31.0. The van der Waals surface area contributed by atoms with Gasteiger partial charge in [-0.1, -0.05) is 25.4 Å². The van der Waals surface area contributed by atoms with Gasteiger partial charge < -0.3 is 10.1 Å². The lowest BCUT2D eigenvalue weighted by atomic mass is 10.0. The molecule has 25 heavy (non-hydrogen) atoms. The topological polar surface area (TPSA) is 75.7 Å². The van der Waals surface area contributed by atoms with Crippen LogP contribution in [0.3, 0.4) is 0 Å². The van der Waals surface area contributed by atoms with Crippen molar-refractivity contribution in [1.82, 2.24) is 5.32 Å². The van der Waals surface area contributed by atoms with Crippen molar-refractivity contribution in [2.45, 2.75) is 33.6 Å². The minimum absolute atomic E-state index is 0.0565. The molecule has 0 aliphatic heterocycles. The van der Waals surface area contributed by atoms with Gasteiger partial charge in [0.15, 0.2) is 0 Å². The highest BCUT2D eigenvalue weighted by atomic mass is 35.5. The van der Waals surface area contributed by atoms with Gasteiger partial charge in [0.05, 0.1) is 25.6 Å². The molecule has 1 rings (SSSR count). The number of halogens is 1. The monoisotopic (exact) mass is 390 g/mol. The maximum absolute atomic E-state index is 12.2. The van der Waals surface area contributed by atoms with Gasteiger partial charge in [-0.15, -0.1) is 0 Å². The van der Waals surface area contributed by atoms with E-state index in [1.54, 1.807) is 19.1 Å². The van der Waals surface area contributed by atoms with Crippen molar-refractivity contribution >= 4 is 33.2 Å². The zero-order chi connectivity index (χ0) is 19.2. The summed E-state index contributed by atoms with van der Waals surface area (Å²) in [5, 5.41) is 3.30. The number of hydrogen-bond donors (Lipinski definition) is 1. The first-order chi connectivity index (χ1) is 11.6. The Hall–Kier alpha value is -1.47. The lowest BCUT2D eigenvalue weighted by Crippen LogP contribution is -2.40. The van der Waals surface area contributed by atoms with Gasteiger partial charge in [0.2, 0.25) is 15.9 Å². The number of sulfonamides is 1. The van der Waals surface area contributed by atoms with Gasteiger partial charge >= 0.3 is 0 Å². The number of nitrogens with one attached hydrogen (secondary N) is 1. The van der Waals surface area contributed by atoms with Gasteiger partial charge in [-0.05, 0) is 31.4 Å². The molecule has 0 spiro atoms. The molecule has 0 saturated carbocycles. The van der Waals surface area contributed by atoms with Crippen molar-refractivity contribution in [3.8, 4) is 5.75 Å². The summed E-state index contributed by atoms with van der Waals surface area (Å²) >= 11 is 6.09. The van der Waals surface area contributed by atoms with Gasteiger partial charge in [-0.3, -0.25) is 9.10 Å². The molecule has 6 nitrogen and oxygen atoms in total. The van der Waals surface area contributed by atoms with Crippen LogP contribution in [0.15, 0.2) is 12.1 Å². The number of nitrogens with zero attached hydrogens (tertiary/aromatic N) is 1. The first kappa shape index (κ1) is 21.6. The number of hydrogen-bond acceptors (Lipinski definition) is 4. The second kappa shape index (κ2) is 9.29. The highest BCUT2D eigenvalue weighted by Crippen LogP contribution is 2.34. The molecule has 8 heteroatoms. The van der Waals surface area contributed by atoms with E-state index in [1.165, 1.54) is 11.4 Å². The van der Waals surface area contributed by atoms with Crippen molar-refractivity contribution in [2.24, 2.45) is 5.92 Å². The van der Waals surface area contributed by atoms with E-state index in [2.05, 4.69) is 5.32 Å². The Labute approximate surface area is 155 Å². The summed E-state index contributed by atoms with van der Waals surface area (Å²) in [6.45, 7) is 6.03. The molecule has 0 aromatic heterocycles. The fourth-order valence-corrected chi connectivity index (χ4v) is 3.63. The fourth-order valence-electron chi connectivity index (χ4n) is 2.56. The Morgan fingerprint density at radius 2 is 1.92 bits per heavy atom. The summed E-state index contributed by atoms with van der Waals surface area (Å²) in [4.78, 5) is 12.1. The Morgan fingerprint density at radius 3 is 2.40 bits per heavy atom. The second-order valence-electron chi connectivity index (χ2n) is 5.91. The number of anilines is 1. The molecule has 0 radical (unpaired) electrons. The number of methoxy groups -OCH3 is 1. The number of rotatable bonds is 9. The summed E-state index contributed by atoms with van der Waals surface area (Å²) in [6.07, 6.45) is 2.63. The molecule has 1 amide bonds. The minimum atomic E-state index is -3.55. The van der Waals surface area contributed by atoms with E-state index in [9.17, 15) is 13.2 Å².